The van der Waals surface area contributed by atoms with Gasteiger partial charge in [0.05, 0.1) is 12.0 Å². The van der Waals surface area contributed by atoms with Crippen molar-refractivity contribution in [2.75, 3.05) is 6.61 Å². The Morgan fingerprint density at radius 3 is 2.42 bits per heavy atom. The summed E-state index contributed by atoms with van der Waals surface area (Å²) in [6.07, 6.45) is 4.57. The third-order valence-corrected chi connectivity index (χ3v) is 5.32. The average Bonchev–Trinajstić information content (AvgIpc) is 2.79. The van der Waals surface area contributed by atoms with E-state index >= 15 is 0 Å². The Hall–Kier alpha value is -3.12. The number of ether oxygens (including phenoxy) is 1. The summed E-state index contributed by atoms with van der Waals surface area (Å²) in [7, 11) is 0. The van der Waals surface area contributed by atoms with Crippen LogP contribution in [0.15, 0.2) is 78.3 Å². The zero-order chi connectivity index (χ0) is 22.1. The summed E-state index contributed by atoms with van der Waals surface area (Å²) in [6.45, 7) is 0.375. The molecular formula is C25H28FNO4. The van der Waals surface area contributed by atoms with Gasteiger partial charge in [-0.1, -0.05) is 42.5 Å². The number of carboxylic acid groups (broad SMARTS) is 1. The Morgan fingerprint density at radius 2 is 1.81 bits per heavy atom. The molecule has 6 heteroatoms. The molecule has 3 N–H and O–H groups in total. The van der Waals surface area contributed by atoms with E-state index in [1.807, 2.05) is 54.6 Å². The zero-order valence-electron chi connectivity index (χ0n) is 17.3. The van der Waals surface area contributed by atoms with Gasteiger partial charge in [-0.2, -0.15) is 0 Å². The summed E-state index contributed by atoms with van der Waals surface area (Å²) in [5.74, 6) is -1.17. The zero-order valence-corrected chi connectivity index (χ0v) is 17.3. The second-order valence-electron chi connectivity index (χ2n) is 7.58. The van der Waals surface area contributed by atoms with Crippen molar-refractivity contribution in [3.05, 3.63) is 89.4 Å². The molecule has 5 nitrogen and oxygen atoms in total. The van der Waals surface area contributed by atoms with Crippen LogP contribution >= 0.6 is 0 Å². The first-order valence-electron chi connectivity index (χ1n) is 10.5. The maximum atomic E-state index is 13.4. The molecule has 0 bridgehead atoms. The molecule has 0 fully saturated rings. The largest absolute Gasteiger partial charge is 0.489 e. The number of halogens is 1. The number of nitrogens with one attached hydrogen (secondary N) is 1. The number of benzene rings is 2. The molecule has 3 rings (SSSR count). The molecule has 2 aromatic carbocycles. The minimum atomic E-state index is -0.937. The van der Waals surface area contributed by atoms with Gasteiger partial charge in [-0.25, -0.2) is 4.39 Å². The van der Waals surface area contributed by atoms with Gasteiger partial charge in [0, 0.05) is 18.7 Å². The van der Waals surface area contributed by atoms with Crippen molar-refractivity contribution in [1.82, 2.24) is 5.32 Å². The Bertz CT molecular complexity index is 909. The fourth-order valence-electron chi connectivity index (χ4n) is 3.60. The second kappa shape index (κ2) is 11.3. The number of allylic oxidation sites excluding steroid dienone is 4. The third-order valence-electron chi connectivity index (χ3n) is 5.32. The lowest BCUT2D eigenvalue weighted by atomic mass is 9.88. The molecule has 31 heavy (non-hydrogen) atoms. The van der Waals surface area contributed by atoms with Crippen molar-refractivity contribution in [2.24, 2.45) is 5.92 Å². The molecule has 2 unspecified atom stereocenters. The van der Waals surface area contributed by atoms with Gasteiger partial charge < -0.3 is 20.3 Å². The summed E-state index contributed by atoms with van der Waals surface area (Å²) < 4.78 is 19.2. The number of hydrogen-bond acceptors (Lipinski definition) is 4. The van der Waals surface area contributed by atoms with Crippen LogP contribution in [0, 0.1) is 5.92 Å². The van der Waals surface area contributed by atoms with E-state index in [2.05, 4.69) is 5.32 Å². The van der Waals surface area contributed by atoms with Crippen LogP contribution in [-0.4, -0.2) is 22.8 Å². The predicted octanol–water partition coefficient (Wildman–Crippen LogP) is 4.90. The monoisotopic (exact) mass is 425 g/mol. The van der Waals surface area contributed by atoms with E-state index in [4.69, 9.17) is 4.74 Å². The van der Waals surface area contributed by atoms with Gasteiger partial charge in [-0.15, -0.1) is 0 Å². The molecule has 2 atom stereocenters. The van der Waals surface area contributed by atoms with Crippen molar-refractivity contribution in [2.45, 2.75) is 38.3 Å². The highest BCUT2D eigenvalue weighted by Crippen LogP contribution is 2.31. The third kappa shape index (κ3) is 6.69. The summed E-state index contributed by atoms with van der Waals surface area (Å²) in [6, 6.07) is 16.7. The van der Waals surface area contributed by atoms with E-state index < -0.39 is 17.9 Å². The molecule has 0 saturated heterocycles. The number of aliphatic hydroxyl groups is 1. The molecular weight excluding hydrogens is 397 g/mol. The number of hydrogen-bond donors (Lipinski definition) is 3. The Balaban J connectivity index is 1.77. The molecule has 0 saturated carbocycles. The lowest BCUT2D eigenvalue weighted by Crippen LogP contribution is -2.33. The standard InChI is InChI=1S/C25H28FNO4/c26-20-10-12-21(13-11-20)27-24(23(25(29)30)7-4-16-28)19-8-14-22(15-9-19)31-17-18-5-2-1-3-6-18/h1-3,5-6,8-10,12,14-15,23-24,27-28H,4,7,11,13,16-17H2,(H,29,30). The van der Waals surface area contributed by atoms with Crippen LogP contribution in [0.2, 0.25) is 0 Å². The normalized spacial score (nSPS) is 15.4. The van der Waals surface area contributed by atoms with E-state index in [0.29, 0.717) is 38.0 Å². The number of carboxylic acids is 1. The summed E-state index contributed by atoms with van der Waals surface area (Å²) >= 11 is 0. The van der Waals surface area contributed by atoms with Crippen LogP contribution in [0.5, 0.6) is 5.75 Å². The van der Waals surface area contributed by atoms with E-state index in [1.54, 1.807) is 6.08 Å². The lowest BCUT2D eigenvalue weighted by molar-refractivity contribution is -0.143. The number of rotatable bonds is 11. The molecule has 1 aliphatic rings. The van der Waals surface area contributed by atoms with Gasteiger partial charge in [0.2, 0.25) is 0 Å². The van der Waals surface area contributed by atoms with Crippen molar-refractivity contribution in [3.63, 3.8) is 0 Å². The molecule has 0 amide bonds. The number of carbonyl (C=O) groups is 1. The predicted molar refractivity (Wildman–Crippen MR) is 117 cm³/mol. The van der Waals surface area contributed by atoms with Gasteiger partial charge in [0.1, 0.15) is 18.2 Å². The summed E-state index contributed by atoms with van der Waals surface area (Å²) in [5, 5.41) is 22.3. The maximum absolute atomic E-state index is 13.4. The van der Waals surface area contributed by atoms with Crippen molar-refractivity contribution in [3.8, 4) is 5.75 Å². The Kier molecular flexibility index (Phi) is 8.24. The van der Waals surface area contributed by atoms with Crippen molar-refractivity contribution in [1.29, 1.82) is 0 Å². The number of aliphatic hydroxyl groups excluding tert-OH is 1. The van der Waals surface area contributed by atoms with E-state index in [9.17, 15) is 19.4 Å². The first kappa shape index (κ1) is 22.6. The smallest absolute Gasteiger partial charge is 0.308 e. The van der Waals surface area contributed by atoms with E-state index in [-0.39, 0.29) is 12.4 Å². The highest BCUT2D eigenvalue weighted by atomic mass is 19.1. The molecule has 0 aromatic heterocycles. The molecule has 0 spiro atoms. The van der Waals surface area contributed by atoms with Crippen LogP contribution in [0.4, 0.5) is 4.39 Å². The first-order chi connectivity index (χ1) is 15.1. The fraction of sp³-hybridized carbons (Fsp3) is 0.320. The molecule has 0 radical (unpaired) electrons. The van der Waals surface area contributed by atoms with E-state index in [1.165, 1.54) is 6.08 Å². The van der Waals surface area contributed by atoms with Crippen LogP contribution in [-0.2, 0) is 11.4 Å². The molecule has 0 aliphatic heterocycles. The molecule has 0 heterocycles. The van der Waals surface area contributed by atoms with Gasteiger partial charge in [0.25, 0.3) is 0 Å². The van der Waals surface area contributed by atoms with Gasteiger partial charge >= 0.3 is 5.97 Å². The average molecular weight is 426 g/mol. The summed E-state index contributed by atoms with van der Waals surface area (Å²) in [5.41, 5.74) is 2.66. The second-order valence-corrected chi connectivity index (χ2v) is 7.58. The SMILES string of the molecule is O=C(O)C(CCCO)C(NC1=CC=C(F)CC1)c1ccc(OCc2ccccc2)cc1. The maximum Gasteiger partial charge on any atom is 0.308 e. The molecule has 1 aliphatic carbocycles. The lowest BCUT2D eigenvalue weighted by Gasteiger charge is -2.28. The highest BCUT2D eigenvalue weighted by Gasteiger charge is 2.30. The molecule has 2 aromatic rings. The Labute approximate surface area is 181 Å². The van der Waals surface area contributed by atoms with Crippen molar-refractivity contribution >= 4 is 5.97 Å². The van der Waals surface area contributed by atoms with Crippen LogP contribution in [0.25, 0.3) is 0 Å². The molecule has 164 valence electrons. The van der Waals surface area contributed by atoms with Gasteiger partial charge in [-0.05, 0) is 54.7 Å². The highest BCUT2D eigenvalue weighted by molar-refractivity contribution is 5.71. The number of aliphatic carboxylic acids is 1. The van der Waals surface area contributed by atoms with Crippen LogP contribution in [0.3, 0.4) is 0 Å². The van der Waals surface area contributed by atoms with E-state index in [0.717, 1.165) is 16.8 Å². The minimum absolute atomic E-state index is 0.0700. The quantitative estimate of drug-likeness (QED) is 0.477. The van der Waals surface area contributed by atoms with Crippen molar-refractivity contribution < 1.29 is 24.1 Å². The topological polar surface area (TPSA) is 78.8 Å². The van der Waals surface area contributed by atoms with Gasteiger partial charge in [0.15, 0.2) is 0 Å². The van der Waals surface area contributed by atoms with Crippen LogP contribution in [0.1, 0.15) is 42.9 Å². The fourth-order valence-corrected chi connectivity index (χ4v) is 3.60. The van der Waals surface area contributed by atoms with Crippen LogP contribution < -0.4 is 10.1 Å². The minimum Gasteiger partial charge on any atom is -0.489 e. The first-order valence-corrected chi connectivity index (χ1v) is 10.5. The summed E-state index contributed by atoms with van der Waals surface area (Å²) in [4.78, 5) is 12.0. The Morgan fingerprint density at radius 1 is 1.06 bits per heavy atom. The van der Waals surface area contributed by atoms with Gasteiger partial charge in [-0.3, -0.25) is 4.79 Å².